The van der Waals surface area contributed by atoms with Crippen molar-refractivity contribution in [3.8, 4) is 0 Å². The van der Waals surface area contributed by atoms with Crippen molar-refractivity contribution in [1.29, 1.82) is 0 Å². The Hall–Kier alpha value is 0.560. The van der Waals surface area contributed by atoms with E-state index >= 15 is 0 Å². The molecule has 0 aliphatic carbocycles. The second-order valence-electron chi connectivity index (χ2n) is 3.62. The van der Waals surface area contributed by atoms with Gasteiger partial charge in [-0.1, -0.05) is 6.92 Å². The Balaban J connectivity index is 4.18. The predicted molar refractivity (Wildman–Crippen MR) is 74.3 cm³/mol. The lowest BCUT2D eigenvalue weighted by molar-refractivity contribution is 0.0273. The van der Waals surface area contributed by atoms with Crippen molar-refractivity contribution in [1.82, 2.24) is 9.80 Å². The van der Waals surface area contributed by atoms with Gasteiger partial charge in [-0.05, 0) is 6.54 Å². The molecule has 0 aliphatic rings. The molecular formula is C7H20N2O9P3+. The van der Waals surface area contributed by atoms with Gasteiger partial charge in [0.25, 0.3) is 0 Å². The molecule has 0 radical (unpaired) electrons. The molecule has 0 aromatic rings. The van der Waals surface area contributed by atoms with E-state index in [0.717, 1.165) is 0 Å². The smallest absolute Gasteiger partial charge is 0.328 e. The zero-order chi connectivity index (χ0) is 16.3. The van der Waals surface area contributed by atoms with E-state index in [1.165, 1.54) is 4.90 Å². The first-order chi connectivity index (χ1) is 9.85. The number of nitrogens with zero attached hydrogens (tertiary/aromatic N) is 2. The lowest BCUT2D eigenvalue weighted by Gasteiger charge is -2.25. The van der Waals surface area contributed by atoms with E-state index in [2.05, 4.69) is 13.6 Å². The molecule has 1 atom stereocenters. The SMILES string of the molecule is CCN(CCN(COP(O)O)COP(O)O)CO[P+](=O)O. The maximum Gasteiger partial charge on any atom is 0.696 e. The van der Waals surface area contributed by atoms with Crippen LogP contribution < -0.4 is 0 Å². The first-order valence-corrected chi connectivity index (χ1v) is 9.16. The number of rotatable bonds is 13. The van der Waals surface area contributed by atoms with E-state index in [1.54, 1.807) is 4.90 Å². The average Bonchev–Trinajstić information content (AvgIpc) is 2.40. The van der Waals surface area contributed by atoms with E-state index in [1.807, 2.05) is 6.92 Å². The minimum atomic E-state index is -2.68. The van der Waals surface area contributed by atoms with Crippen LogP contribution in [0.15, 0.2) is 0 Å². The molecule has 5 N–H and O–H groups in total. The molecule has 11 nitrogen and oxygen atoms in total. The Labute approximate surface area is 125 Å². The van der Waals surface area contributed by atoms with Crippen molar-refractivity contribution in [2.45, 2.75) is 6.92 Å². The van der Waals surface area contributed by atoms with E-state index < -0.39 is 25.5 Å². The molecule has 0 spiro atoms. The number of likely N-dealkylation sites (N-methyl/N-ethyl adjacent to an activating group) is 1. The molecule has 126 valence electrons. The number of hydrogen-bond donors (Lipinski definition) is 5. The molecule has 14 heteroatoms. The van der Waals surface area contributed by atoms with Crippen molar-refractivity contribution in [2.24, 2.45) is 0 Å². The van der Waals surface area contributed by atoms with Crippen LogP contribution in [0.3, 0.4) is 0 Å². The maximum atomic E-state index is 10.5. The van der Waals surface area contributed by atoms with E-state index in [0.29, 0.717) is 19.6 Å². The summed E-state index contributed by atoms with van der Waals surface area (Å²) in [6.07, 6.45) is 0. The third-order valence-corrected chi connectivity index (χ3v) is 3.27. The minimum absolute atomic E-state index is 0.0445. The summed E-state index contributed by atoms with van der Waals surface area (Å²) in [5, 5.41) is 0. The Kier molecular flexibility index (Phi) is 13.4. The predicted octanol–water partition coefficient (Wildman–Crippen LogP) is -0.395. The van der Waals surface area contributed by atoms with Crippen molar-refractivity contribution in [2.75, 3.05) is 39.8 Å². The van der Waals surface area contributed by atoms with Crippen LogP contribution in [-0.4, -0.2) is 74.1 Å². The summed E-state index contributed by atoms with van der Waals surface area (Å²) in [6, 6.07) is 0. The molecular weight excluding hydrogens is 349 g/mol. The van der Waals surface area contributed by atoms with E-state index in [4.69, 9.17) is 24.5 Å². The first-order valence-electron chi connectivity index (χ1n) is 5.70. The molecule has 0 rings (SSSR count). The zero-order valence-electron chi connectivity index (χ0n) is 11.3. The molecule has 0 aromatic carbocycles. The quantitative estimate of drug-likeness (QED) is 0.213. The molecule has 0 amide bonds. The fraction of sp³-hybridized carbons (Fsp3) is 1.00. The summed E-state index contributed by atoms with van der Waals surface area (Å²) >= 11 is 0. The Morgan fingerprint density at radius 2 is 1.43 bits per heavy atom. The summed E-state index contributed by atoms with van der Waals surface area (Å²) in [4.78, 5) is 46.5. The molecule has 0 heterocycles. The molecule has 0 saturated carbocycles. The Bertz CT molecular complexity index is 274. The van der Waals surface area contributed by atoms with Crippen LogP contribution in [0.25, 0.3) is 0 Å². The third kappa shape index (κ3) is 13.9. The average molecular weight is 369 g/mol. The van der Waals surface area contributed by atoms with Gasteiger partial charge in [0.1, 0.15) is 13.5 Å². The van der Waals surface area contributed by atoms with Gasteiger partial charge in [-0.25, -0.2) is 0 Å². The first kappa shape index (κ1) is 21.6. The Morgan fingerprint density at radius 3 is 1.81 bits per heavy atom. The van der Waals surface area contributed by atoms with Gasteiger partial charge < -0.3 is 19.6 Å². The van der Waals surface area contributed by atoms with Crippen molar-refractivity contribution in [3.05, 3.63) is 0 Å². The monoisotopic (exact) mass is 369 g/mol. The van der Waals surface area contributed by atoms with Gasteiger partial charge in [-0.15, -0.1) is 9.42 Å². The van der Waals surface area contributed by atoms with Gasteiger partial charge in [-0.3, -0.25) is 18.8 Å². The van der Waals surface area contributed by atoms with Crippen LogP contribution in [0.1, 0.15) is 6.92 Å². The van der Waals surface area contributed by atoms with Crippen molar-refractivity contribution in [3.63, 3.8) is 0 Å². The number of hydrogen-bond acceptors (Lipinski definition) is 10. The van der Waals surface area contributed by atoms with Crippen LogP contribution in [-0.2, 0) is 18.1 Å². The van der Waals surface area contributed by atoms with Crippen molar-refractivity contribution >= 4 is 25.5 Å². The van der Waals surface area contributed by atoms with Crippen LogP contribution >= 0.6 is 25.5 Å². The summed E-state index contributed by atoms with van der Waals surface area (Å²) in [6.45, 7) is 2.67. The zero-order valence-corrected chi connectivity index (χ0v) is 14.0. The molecule has 0 saturated heterocycles. The second kappa shape index (κ2) is 13.0. The summed E-state index contributed by atoms with van der Waals surface area (Å²) in [5.74, 6) is 0. The van der Waals surface area contributed by atoms with Crippen LogP contribution in [0.4, 0.5) is 0 Å². The second-order valence-corrected chi connectivity index (χ2v) is 5.88. The normalized spacial score (nSPS) is 13.0. The summed E-state index contributed by atoms with van der Waals surface area (Å²) in [7, 11) is -7.74. The highest BCUT2D eigenvalue weighted by molar-refractivity contribution is 7.39. The summed E-state index contributed by atoms with van der Waals surface area (Å²) in [5.41, 5.74) is 0. The van der Waals surface area contributed by atoms with Gasteiger partial charge in [0.05, 0.1) is 0 Å². The standard InChI is InChI=1S/C7H19N2O9P3/c1-2-8(5-16-19(10)11)3-4-9(6-17-20(12)13)7-18-21(14)15/h12-15H,2-7H2,1H3/p+1. The van der Waals surface area contributed by atoms with Crippen LogP contribution in [0.5, 0.6) is 0 Å². The fourth-order valence-corrected chi connectivity index (χ4v) is 1.96. The molecule has 0 aromatic heterocycles. The minimum Gasteiger partial charge on any atom is -0.328 e. The lowest BCUT2D eigenvalue weighted by Crippen LogP contribution is -2.37. The molecule has 0 bridgehead atoms. The van der Waals surface area contributed by atoms with Crippen LogP contribution in [0, 0.1) is 0 Å². The maximum absolute atomic E-state index is 10.5. The highest BCUT2D eigenvalue weighted by atomic mass is 31.2. The molecule has 1 unspecified atom stereocenters. The van der Waals surface area contributed by atoms with Crippen LogP contribution in [0.2, 0.25) is 0 Å². The van der Waals surface area contributed by atoms with Gasteiger partial charge in [-0.2, -0.15) is 0 Å². The third-order valence-electron chi connectivity index (χ3n) is 2.24. The largest absolute Gasteiger partial charge is 0.696 e. The van der Waals surface area contributed by atoms with Gasteiger partial charge in [0.2, 0.25) is 0 Å². The molecule has 0 aliphatic heterocycles. The highest BCUT2D eigenvalue weighted by Crippen LogP contribution is 2.26. The molecule has 0 fully saturated rings. The Morgan fingerprint density at radius 1 is 0.952 bits per heavy atom. The lowest BCUT2D eigenvalue weighted by atomic mass is 10.5. The highest BCUT2D eigenvalue weighted by Gasteiger charge is 2.17. The van der Waals surface area contributed by atoms with Gasteiger partial charge >= 0.3 is 25.5 Å². The van der Waals surface area contributed by atoms with E-state index in [9.17, 15) is 4.57 Å². The fourth-order valence-electron chi connectivity index (χ4n) is 1.16. The summed E-state index contributed by atoms with van der Waals surface area (Å²) < 4.78 is 24.3. The van der Waals surface area contributed by atoms with E-state index in [-0.39, 0.29) is 20.2 Å². The van der Waals surface area contributed by atoms with Gasteiger partial charge in [0.15, 0.2) is 6.73 Å². The molecule has 21 heavy (non-hydrogen) atoms. The van der Waals surface area contributed by atoms with Gasteiger partial charge in [0, 0.05) is 17.7 Å². The van der Waals surface area contributed by atoms with Crippen molar-refractivity contribution < 1.29 is 42.6 Å². The topological polar surface area (TPSA) is 152 Å².